The average molecular weight is 400 g/mol. The summed E-state index contributed by atoms with van der Waals surface area (Å²) in [5.41, 5.74) is -0.876. The Labute approximate surface area is 163 Å². The number of aromatic amines is 1. The van der Waals surface area contributed by atoms with Crippen LogP contribution in [0.3, 0.4) is 0 Å². The van der Waals surface area contributed by atoms with Crippen LogP contribution in [0.25, 0.3) is 5.69 Å². The highest BCUT2D eigenvalue weighted by atomic mass is 35.5. The number of aliphatic imine (C=N–C) groups is 1. The van der Waals surface area contributed by atoms with Crippen LogP contribution < -0.4 is 20.6 Å². The molecule has 0 amide bonds. The maximum atomic E-state index is 13.0. The Balaban J connectivity index is 1.94. The van der Waals surface area contributed by atoms with Gasteiger partial charge in [-0.2, -0.15) is 0 Å². The summed E-state index contributed by atoms with van der Waals surface area (Å²) in [4.78, 5) is 42.8. The van der Waals surface area contributed by atoms with Gasteiger partial charge in [0.15, 0.2) is 11.5 Å². The minimum Gasteiger partial charge on any atom is -0.493 e. The van der Waals surface area contributed by atoms with Crippen molar-refractivity contribution in [2.45, 2.75) is 6.42 Å². The number of benzene rings is 1. The van der Waals surface area contributed by atoms with Gasteiger partial charge in [0.1, 0.15) is 11.3 Å². The average Bonchev–Trinajstić information content (AvgIpc) is 2.69. The number of nitrogens with one attached hydrogen (secondary N) is 1. The number of ketones is 1. The van der Waals surface area contributed by atoms with Crippen LogP contribution in [-0.2, 0) is 0 Å². The number of hydrogen-bond donors (Lipinski definition) is 1. The van der Waals surface area contributed by atoms with E-state index < -0.39 is 16.9 Å². The smallest absolute Gasteiger partial charge is 0.289 e. The van der Waals surface area contributed by atoms with Gasteiger partial charge in [0, 0.05) is 23.1 Å². The lowest BCUT2D eigenvalue weighted by atomic mass is 9.91. The van der Waals surface area contributed by atoms with Crippen molar-refractivity contribution in [2.75, 3.05) is 14.2 Å². The Morgan fingerprint density at radius 3 is 2.57 bits per heavy atom. The van der Waals surface area contributed by atoms with E-state index in [4.69, 9.17) is 21.1 Å². The first-order valence-corrected chi connectivity index (χ1v) is 8.63. The first-order chi connectivity index (χ1) is 13.4. The van der Waals surface area contributed by atoms with Gasteiger partial charge >= 0.3 is 0 Å². The number of fused-ring (bicyclic) bond motifs is 2. The quantitative estimate of drug-likeness (QED) is 0.852. The van der Waals surface area contributed by atoms with Crippen LogP contribution in [0.5, 0.6) is 11.5 Å². The highest BCUT2D eigenvalue weighted by Gasteiger charge is 2.32. The minimum absolute atomic E-state index is 0.203. The molecule has 1 N–H and O–H groups in total. The van der Waals surface area contributed by atoms with E-state index in [1.807, 2.05) is 0 Å². The van der Waals surface area contributed by atoms with E-state index in [-0.39, 0.29) is 23.2 Å². The van der Waals surface area contributed by atoms with Gasteiger partial charge < -0.3 is 9.47 Å². The van der Waals surface area contributed by atoms with Gasteiger partial charge in [-0.05, 0) is 24.3 Å². The number of ether oxygens (including phenoxy) is 2. The number of hydrogen-bond acceptors (Lipinski definition) is 6. The van der Waals surface area contributed by atoms with Crippen LogP contribution in [0, 0.1) is 0 Å². The molecule has 1 aromatic heterocycles. The van der Waals surface area contributed by atoms with Crippen LogP contribution in [0.4, 0.5) is 5.69 Å². The van der Waals surface area contributed by atoms with Gasteiger partial charge in [0.05, 0.1) is 25.6 Å². The van der Waals surface area contributed by atoms with Gasteiger partial charge in [-0.3, -0.25) is 19.5 Å². The first-order valence-electron chi connectivity index (χ1n) is 8.25. The fraction of sp³-hybridized carbons (Fsp3) is 0.158. The van der Waals surface area contributed by atoms with Crippen LogP contribution in [0.2, 0.25) is 0 Å². The number of nitrogens with zero attached hydrogens (tertiary/aromatic N) is 2. The lowest BCUT2D eigenvalue weighted by Gasteiger charge is -2.19. The standard InChI is InChI=1S/C19H14ClN3O5/c1-27-13-6-4-10(8-14(13)28-2)23-19(26)15-16(18(25)22-23)21-12-7-9(20)3-5-11(12)17(15)24/h3-6,8H,7H2,1-2H3,(H,22,25). The molecule has 0 unspecified atom stereocenters. The normalized spacial score (nSPS) is 15.1. The third-order valence-electron chi connectivity index (χ3n) is 4.50. The summed E-state index contributed by atoms with van der Waals surface area (Å²) in [6.07, 6.45) is 3.33. The highest BCUT2D eigenvalue weighted by molar-refractivity contribution is 6.38. The van der Waals surface area contributed by atoms with Crippen LogP contribution in [0.1, 0.15) is 16.8 Å². The van der Waals surface area contributed by atoms with Crippen molar-refractivity contribution < 1.29 is 14.3 Å². The third-order valence-corrected chi connectivity index (χ3v) is 4.76. The number of Topliss-reactive ketones (excluding diaryl/α,β-unsaturated/α-hetero) is 1. The molecule has 1 aromatic carbocycles. The van der Waals surface area contributed by atoms with Crippen molar-refractivity contribution in [1.29, 1.82) is 0 Å². The predicted molar refractivity (Wildman–Crippen MR) is 104 cm³/mol. The van der Waals surface area contributed by atoms with Crippen LogP contribution in [0.15, 0.2) is 55.5 Å². The van der Waals surface area contributed by atoms with Crippen molar-refractivity contribution in [3.8, 4) is 17.2 Å². The van der Waals surface area contributed by atoms with Crippen LogP contribution in [-0.4, -0.2) is 35.5 Å². The molecule has 1 aliphatic heterocycles. The number of H-pyrrole nitrogens is 1. The van der Waals surface area contributed by atoms with E-state index >= 15 is 0 Å². The molecule has 0 fully saturated rings. The summed E-state index contributed by atoms with van der Waals surface area (Å²) in [5, 5.41) is 2.96. The maximum absolute atomic E-state index is 13.0. The molecule has 28 heavy (non-hydrogen) atoms. The summed E-state index contributed by atoms with van der Waals surface area (Å²) in [7, 11) is 2.94. The number of aromatic nitrogens is 2. The lowest BCUT2D eigenvalue weighted by Crippen LogP contribution is -2.37. The molecule has 0 saturated carbocycles. The molecule has 2 aliphatic rings. The predicted octanol–water partition coefficient (Wildman–Crippen LogP) is 2.26. The second kappa shape index (κ2) is 6.65. The second-order valence-corrected chi connectivity index (χ2v) is 6.59. The molecular weight excluding hydrogens is 386 g/mol. The largest absolute Gasteiger partial charge is 0.493 e. The summed E-state index contributed by atoms with van der Waals surface area (Å²) < 4.78 is 11.4. The van der Waals surface area contributed by atoms with Crippen LogP contribution >= 0.6 is 11.6 Å². The minimum atomic E-state index is -0.684. The monoisotopic (exact) mass is 399 g/mol. The van der Waals surface area contributed by atoms with E-state index in [2.05, 4.69) is 10.1 Å². The number of allylic oxidation sites excluding steroid dienone is 4. The van der Waals surface area contributed by atoms with Gasteiger partial charge in [0.2, 0.25) is 5.78 Å². The zero-order valence-electron chi connectivity index (χ0n) is 14.9. The zero-order valence-corrected chi connectivity index (χ0v) is 15.7. The Morgan fingerprint density at radius 1 is 1.11 bits per heavy atom. The first kappa shape index (κ1) is 18.0. The summed E-state index contributed by atoms with van der Waals surface area (Å²) >= 11 is 5.99. The number of methoxy groups -OCH3 is 2. The van der Waals surface area contributed by atoms with Crippen molar-refractivity contribution in [3.63, 3.8) is 0 Å². The number of carbonyl (C=O) groups is 1. The summed E-state index contributed by atoms with van der Waals surface area (Å²) in [6, 6.07) is 4.68. The van der Waals surface area contributed by atoms with Gasteiger partial charge in [-0.1, -0.05) is 11.6 Å². The molecule has 0 bridgehead atoms. The number of halogens is 1. The van der Waals surface area contributed by atoms with Crippen molar-refractivity contribution in [1.82, 2.24) is 9.78 Å². The van der Waals surface area contributed by atoms with E-state index in [9.17, 15) is 14.4 Å². The second-order valence-electron chi connectivity index (χ2n) is 6.10. The maximum Gasteiger partial charge on any atom is 0.289 e. The Kier molecular flexibility index (Phi) is 4.27. The number of rotatable bonds is 3. The lowest BCUT2D eigenvalue weighted by molar-refractivity contribution is 0.103. The molecule has 8 nitrogen and oxygen atoms in total. The molecule has 4 rings (SSSR count). The summed E-state index contributed by atoms with van der Waals surface area (Å²) in [5.74, 6) is 0.276. The summed E-state index contributed by atoms with van der Waals surface area (Å²) in [6.45, 7) is 0. The molecular formula is C19H14ClN3O5. The van der Waals surface area contributed by atoms with Crippen molar-refractivity contribution in [2.24, 2.45) is 4.99 Å². The molecule has 1 aliphatic carbocycles. The fourth-order valence-corrected chi connectivity index (χ4v) is 3.34. The van der Waals surface area contributed by atoms with Gasteiger partial charge in [0.25, 0.3) is 11.1 Å². The van der Waals surface area contributed by atoms with E-state index in [1.165, 1.54) is 26.4 Å². The Bertz CT molecular complexity index is 1230. The van der Waals surface area contributed by atoms with E-state index in [1.54, 1.807) is 18.2 Å². The van der Waals surface area contributed by atoms with Gasteiger partial charge in [-0.25, -0.2) is 9.67 Å². The van der Waals surface area contributed by atoms with E-state index in [0.717, 1.165) is 4.68 Å². The van der Waals surface area contributed by atoms with Crippen molar-refractivity contribution in [3.05, 3.63) is 67.2 Å². The number of carbonyl (C=O) groups excluding carboxylic acids is 1. The molecule has 0 atom stereocenters. The Hall–Kier alpha value is -3.39. The highest BCUT2D eigenvalue weighted by Crippen LogP contribution is 2.31. The molecule has 0 radical (unpaired) electrons. The zero-order chi connectivity index (χ0) is 20.0. The SMILES string of the molecule is COc1ccc(-n2[nH]c(=O)c3c(c2=O)C(=O)C2=CC=C(Cl)CC2=N3)cc1OC. The molecule has 2 aromatic rings. The molecule has 0 saturated heterocycles. The fourth-order valence-electron chi connectivity index (χ4n) is 3.15. The third kappa shape index (κ3) is 2.69. The van der Waals surface area contributed by atoms with Crippen molar-refractivity contribution >= 4 is 28.8 Å². The molecule has 0 spiro atoms. The molecule has 2 heterocycles. The topological polar surface area (TPSA) is 103 Å². The molecule has 142 valence electrons. The molecule has 9 heteroatoms. The Morgan fingerprint density at radius 2 is 1.86 bits per heavy atom. The van der Waals surface area contributed by atoms with E-state index in [0.29, 0.717) is 27.9 Å². The van der Waals surface area contributed by atoms with Gasteiger partial charge in [-0.15, -0.1) is 0 Å².